The summed E-state index contributed by atoms with van der Waals surface area (Å²) in [5.74, 6) is -0.388. The van der Waals surface area contributed by atoms with E-state index in [0.29, 0.717) is 35.1 Å². The van der Waals surface area contributed by atoms with Gasteiger partial charge in [0, 0.05) is 18.7 Å². The monoisotopic (exact) mass is 362 g/mol. The van der Waals surface area contributed by atoms with Crippen LogP contribution in [0.3, 0.4) is 0 Å². The summed E-state index contributed by atoms with van der Waals surface area (Å²) in [6.45, 7) is 1.18. The van der Waals surface area contributed by atoms with Crippen LogP contribution in [0.15, 0.2) is 48.5 Å². The highest BCUT2D eigenvalue weighted by molar-refractivity contribution is 6.42. The van der Waals surface area contributed by atoms with Crippen molar-refractivity contribution in [1.29, 1.82) is 0 Å². The summed E-state index contributed by atoms with van der Waals surface area (Å²) in [6.07, 6.45) is 0.596. The maximum Gasteiger partial charge on any atom is 0.251 e. The third-order valence-corrected chi connectivity index (χ3v) is 4.74. The second-order valence-electron chi connectivity index (χ2n) is 5.69. The van der Waals surface area contributed by atoms with Gasteiger partial charge in [0.05, 0.1) is 10.0 Å². The largest absolute Gasteiger partial charge is 0.340 e. The van der Waals surface area contributed by atoms with Crippen LogP contribution < -0.4 is 5.32 Å². The van der Waals surface area contributed by atoms with Gasteiger partial charge in [-0.15, -0.1) is 0 Å². The Morgan fingerprint density at radius 1 is 1.12 bits per heavy atom. The van der Waals surface area contributed by atoms with E-state index in [4.69, 9.17) is 23.2 Å². The number of hydrogen-bond acceptors (Lipinski definition) is 2. The van der Waals surface area contributed by atoms with Crippen LogP contribution in [-0.4, -0.2) is 29.3 Å². The number of nitrogens with zero attached hydrogens (tertiary/aromatic N) is 1. The normalized spacial score (nSPS) is 17.2. The number of halogens is 2. The van der Waals surface area contributed by atoms with Gasteiger partial charge in [-0.3, -0.25) is 9.59 Å². The summed E-state index contributed by atoms with van der Waals surface area (Å²) in [4.78, 5) is 26.5. The van der Waals surface area contributed by atoms with Gasteiger partial charge < -0.3 is 10.2 Å². The molecule has 1 N–H and O–H groups in total. The molecule has 0 spiro atoms. The predicted molar refractivity (Wildman–Crippen MR) is 94.2 cm³/mol. The van der Waals surface area contributed by atoms with E-state index in [1.807, 2.05) is 30.3 Å². The molecule has 2 amide bonds. The summed E-state index contributed by atoms with van der Waals surface area (Å²) in [6, 6.07) is 13.9. The van der Waals surface area contributed by atoms with E-state index in [1.54, 1.807) is 17.0 Å². The number of nitrogens with one attached hydrogen (secondary N) is 1. The molecule has 4 nitrogen and oxygen atoms in total. The molecular formula is C18H16Cl2N2O2. The van der Waals surface area contributed by atoms with E-state index in [2.05, 4.69) is 5.32 Å². The molecule has 2 aromatic rings. The zero-order valence-electron chi connectivity index (χ0n) is 12.8. The lowest BCUT2D eigenvalue weighted by atomic mass is 10.2. The lowest BCUT2D eigenvalue weighted by molar-refractivity contribution is -0.129. The number of hydrogen-bond donors (Lipinski definition) is 1. The standard InChI is InChI=1S/C18H16Cl2N2O2/c19-14-7-6-13(10-15(14)20)17(23)21-16-8-9-22(18(16)24)11-12-4-2-1-3-5-12/h1-7,10,16H,8-9,11H2,(H,21,23)/t16-/m0/s1. The summed E-state index contributed by atoms with van der Waals surface area (Å²) < 4.78 is 0. The van der Waals surface area contributed by atoms with Gasteiger partial charge >= 0.3 is 0 Å². The first-order valence-electron chi connectivity index (χ1n) is 7.63. The van der Waals surface area contributed by atoms with E-state index >= 15 is 0 Å². The van der Waals surface area contributed by atoms with Gasteiger partial charge in [0.1, 0.15) is 6.04 Å². The van der Waals surface area contributed by atoms with Crippen molar-refractivity contribution in [3.63, 3.8) is 0 Å². The molecule has 1 aliphatic heterocycles. The molecule has 0 unspecified atom stereocenters. The van der Waals surface area contributed by atoms with Gasteiger partial charge in [-0.05, 0) is 30.2 Å². The first-order valence-corrected chi connectivity index (χ1v) is 8.39. The number of likely N-dealkylation sites (tertiary alicyclic amines) is 1. The minimum atomic E-state index is -0.504. The van der Waals surface area contributed by atoms with Crippen molar-refractivity contribution < 1.29 is 9.59 Å². The molecule has 2 aromatic carbocycles. The Labute approximate surface area is 150 Å². The molecule has 1 aliphatic rings. The van der Waals surface area contributed by atoms with Crippen molar-refractivity contribution in [2.24, 2.45) is 0 Å². The molecule has 124 valence electrons. The Morgan fingerprint density at radius 2 is 1.88 bits per heavy atom. The summed E-state index contributed by atoms with van der Waals surface area (Å²) >= 11 is 11.8. The lowest BCUT2D eigenvalue weighted by Gasteiger charge is -2.17. The van der Waals surface area contributed by atoms with Gasteiger partial charge in [0.2, 0.25) is 5.91 Å². The fourth-order valence-corrected chi connectivity index (χ4v) is 3.01. The zero-order valence-corrected chi connectivity index (χ0v) is 14.3. The van der Waals surface area contributed by atoms with E-state index in [9.17, 15) is 9.59 Å². The Morgan fingerprint density at radius 3 is 2.58 bits per heavy atom. The van der Waals surface area contributed by atoms with E-state index < -0.39 is 6.04 Å². The van der Waals surface area contributed by atoms with Crippen LogP contribution in [-0.2, 0) is 11.3 Å². The highest BCUT2D eigenvalue weighted by Gasteiger charge is 2.32. The van der Waals surface area contributed by atoms with Crippen LogP contribution in [0.25, 0.3) is 0 Å². The van der Waals surface area contributed by atoms with Crippen LogP contribution >= 0.6 is 23.2 Å². The van der Waals surface area contributed by atoms with Crippen LogP contribution in [0.2, 0.25) is 10.0 Å². The highest BCUT2D eigenvalue weighted by atomic mass is 35.5. The van der Waals surface area contributed by atoms with Crippen LogP contribution in [0, 0.1) is 0 Å². The quantitative estimate of drug-likeness (QED) is 0.904. The van der Waals surface area contributed by atoms with Gasteiger partial charge in [-0.25, -0.2) is 0 Å². The smallest absolute Gasteiger partial charge is 0.251 e. The SMILES string of the molecule is O=C(N[C@H]1CCN(Cc2ccccc2)C1=O)c1ccc(Cl)c(Cl)c1. The predicted octanol–water partition coefficient (Wildman–Crippen LogP) is 3.52. The zero-order chi connectivity index (χ0) is 17.1. The minimum Gasteiger partial charge on any atom is -0.340 e. The topological polar surface area (TPSA) is 49.4 Å². The van der Waals surface area contributed by atoms with E-state index in [-0.39, 0.29) is 11.8 Å². The Bertz CT molecular complexity index is 765. The van der Waals surface area contributed by atoms with E-state index in [0.717, 1.165) is 5.56 Å². The second kappa shape index (κ2) is 7.24. The summed E-state index contributed by atoms with van der Waals surface area (Å²) in [7, 11) is 0. The molecule has 1 fully saturated rings. The first-order chi connectivity index (χ1) is 11.5. The van der Waals surface area contributed by atoms with Crippen LogP contribution in [0.5, 0.6) is 0 Å². The number of benzene rings is 2. The fourth-order valence-electron chi connectivity index (χ4n) is 2.71. The number of rotatable bonds is 4. The van der Waals surface area contributed by atoms with Crippen molar-refractivity contribution in [2.75, 3.05) is 6.54 Å². The third-order valence-electron chi connectivity index (χ3n) is 4.00. The molecule has 1 atom stereocenters. The summed E-state index contributed by atoms with van der Waals surface area (Å²) in [5, 5.41) is 3.48. The lowest BCUT2D eigenvalue weighted by Crippen LogP contribution is -2.41. The molecular weight excluding hydrogens is 347 g/mol. The van der Waals surface area contributed by atoms with Crippen molar-refractivity contribution in [2.45, 2.75) is 19.0 Å². The van der Waals surface area contributed by atoms with Gasteiger partial charge in [-0.1, -0.05) is 53.5 Å². The molecule has 0 aliphatic carbocycles. The molecule has 24 heavy (non-hydrogen) atoms. The number of carbonyl (C=O) groups is 2. The van der Waals surface area contributed by atoms with Crippen LogP contribution in [0.1, 0.15) is 22.3 Å². The molecule has 1 heterocycles. The van der Waals surface area contributed by atoms with Crippen molar-refractivity contribution in [3.05, 3.63) is 69.7 Å². The first kappa shape index (κ1) is 16.8. The van der Waals surface area contributed by atoms with Crippen molar-refractivity contribution in [3.8, 4) is 0 Å². The molecule has 0 bridgehead atoms. The van der Waals surface area contributed by atoms with E-state index in [1.165, 1.54) is 6.07 Å². The van der Waals surface area contributed by atoms with Crippen molar-refractivity contribution >= 4 is 35.0 Å². The Balaban J connectivity index is 1.63. The molecule has 6 heteroatoms. The number of carbonyl (C=O) groups excluding carboxylic acids is 2. The Hall–Kier alpha value is -2.04. The Kier molecular flexibility index (Phi) is 5.07. The number of amides is 2. The summed E-state index contributed by atoms with van der Waals surface area (Å²) in [5.41, 5.74) is 1.46. The highest BCUT2D eigenvalue weighted by Crippen LogP contribution is 2.23. The van der Waals surface area contributed by atoms with Gasteiger partial charge in [0.25, 0.3) is 5.91 Å². The maximum absolute atomic E-state index is 12.5. The third kappa shape index (κ3) is 3.71. The molecule has 3 rings (SSSR count). The molecule has 0 radical (unpaired) electrons. The maximum atomic E-state index is 12.5. The van der Waals surface area contributed by atoms with Gasteiger partial charge in [-0.2, -0.15) is 0 Å². The van der Waals surface area contributed by atoms with Crippen LogP contribution in [0.4, 0.5) is 0 Å². The second-order valence-corrected chi connectivity index (χ2v) is 6.50. The minimum absolute atomic E-state index is 0.0627. The molecule has 0 aromatic heterocycles. The van der Waals surface area contributed by atoms with Crippen molar-refractivity contribution in [1.82, 2.24) is 10.2 Å². The molecule has 0 saturated carbocycles. The average molecular weight is 363 g/mol. The molecule has 1 saturated heterocycles. The van der Waals surface area contributed by atoms with Gasteiger partial charge in [0.15, 0.2) is 0 Å². The average Bonchev–Trinajstić information content (AvgIpc) is 2.91. The fraction of sp³-hybridized carbons (Fsp3) is 0.222.